The summed E-state index contributed by atoms with van der Waals surface area (Å²) in [5.41, 5.74) is 2.67. The molecule has 3 rings (SSSR count). The van der Waals surface area contributed by atoms with E-state index in [-0.39, 0.29) is 18.4 Å². The van der Waals surface area contributed by atoms with Gasteiger partial charge < -0.3 is 10.6 Å². The minimum Gasteiger partial charge on any atom is -0.370 e. The van der Waals surface area contributed by atoms with Crippen molar-refractivity contribution in [3.8, 4) is 0 Å². The Morgan fingerprint density at radius 2 is 1.79 bits per heavy atom. The van der Waals surface area contributed by atoms with Gasteiger partial charge in [0.25, 0.3) is 5.91 Å². The molecule has 1 aliphatic rings. The summed E-state index contributed by atoms with van der Waals surface area (Å²) in [4.78, 5) is 26.7. The fraction of sp³-hybridized carbons (Fsp3) is 0.263. The third kappa shape index (κ3) is 3.11. The number of fused-ring (bicyclic) bond motifs is 1. The number of rotatable bonds is 3. The quantitative estimate of drug-likeness (QED) is 0.912. The van der Waals surface area contributed by atoms with Crippen molar-refractivity contribution < 1.29 is 9.59 Å². The van der Waals surface area contributed by atoms with Gasteiger partial charge in [-0.15, -0.1) is 0 Å². The summed E-state index contributed by atoms with van der Waals surface area (Å²) in [6.07, 6.45) is 0. The Bertz CT molecular complexity index is 781. The smallest absolute Gasteiger partial charge is 0.252 e. The van der Waals surface area contributed by atoms with Crippen LogP contribution >= 0.6 is 0 Å². The van der Waals surface area contributed by atoms with Crippen molar-refractivity contribution in [1.82, 2.24) is 0 Å². The third-order valence-corrected chi connectivity index (χ3v) is 4.06. The van der Waals surface area contributed by atoms with E-state index in [1.807, 2.05) is 69.3 Å². The summed E-state index contributed by atoms with van der Waals surface area (Å²) < 4.78 is 0. The van der Waals surface area contributed by atoms with Crippen molar-refractivity contribution in [1.29, 1.82) is 0 Å². The van der Waals surface area contributed by atoms with Gasteiger partial charge >= 0.3 is 0 Å². The third-order valence-electron chi connectivity index (χ3n) is 4.06. The van der Waals surface area contributed by atoms with E-state index in [2.05, 4.69) is 10.6 Å². The van der Waals surface area contributed by atoms with Crippen LogP contribution in [-0.4, -0.2) is 23.9 Å². The maximum absolute atomic E-state index is 12.7. The van der Waals surface area contributed by atoms with Crippen LogP contribution in [-0.2, 0) is 9.59 Å². The van der Waals surface area contributed by atoms with Crippen LogP contribution in [0.2, 0.25) is 0 Å². The van der Waals surface area contributed by atoms with Gasteiger partial charge in [0.15, 0.2) is 0 Å². The van der Waals surface area contributed by atoms with E-state index in [4.69, 9.17) is 0 Å². The van der Waals surface area contributed by atoms with Gasteiger partial charge in [-0.3, -0.25) is 14.5 Å². The van der Waals surface area contributed by atoms with Gasteiger partial charge in [-0.25, -0.2) is 0 Å². The lowest BCUT2D eigenvalue weighted by atomic mass is 9.98. The van der Waals surface area contributed by atoms with Crippen LogP contribution in [0, 0.1) is 6.92 Å². The van der Waals surface area contributed by atoms with Crippen molar-refractivity contribution in [2.75, 3.05) is 22.1 Å². The van der Waals surface area contributed by atoms with E-state index >= 15 is 0 Å². The second-order valence-corrected chi connectivity index (χ2v) is 6.57. The van der Waals surface area contributed by atoms with Crippen LogP contribution in [0.25, 0.3) is 0 Å². The average molecular weight is 323 g/mol. The summed E-state index contributed by atoms with van der Waals surface area (Å²) in [7, 11) is 0. The fourth-order valence-electron chi connectivity index (χ4n) is 2.79. The van der Waals surface area contributed by atoms with Gasteiger partial charge in [-0.2, -0.15) is 0 Å². The molecule has 0 radical (unpaired) electrons. The monoisotopic (exact) mass is 323 g/mol. The predicted octanol–water partition coefficient (Wildman–Crippen LogP) is 3.17. The topological polar surface area (TPSA) is 61.4 Å². The second kappa shape index (κ2) is 6.00. The highest BCUT2D eigenvalue weighted by Crippen LogP contribution is 2.34. The normalized spacial score (nSPS) is 15.5. The van der Waals surface area contributed by atoms with Crippen molar-refractivity contribution in [3.63, 3.8) is 0 Å². The average Bonchev–Trinajstić information content (AvgIpc) is 2.54. The molecular weight excluding hydrogens is 302 g/mol. The van der Waals surface area contributed by atoms with Gasteiger partial charge in [0.2, 0.25) is 5.91 Å². The molecule has 0 saturated carbocycles. The van der Waals surface area contributed by atoms with Crippen molar-refractivity contribution in [2.24, 2.45) is 0 Å². The zero-order chi connectivity index (χ0) is 17.3. The number of aryl methyl sites for hydroxylation is 1. The molecular formula is C19H21N3O2. The number of para-hydroxylation sites is 2. The van der Waals surface area contributed by atoms with Gasteiger partial charge in [0.05, 0.1) is 11.4 Å². The SMILES string of the molecule is Cc1ccc(NC(=O)CN2C(=O)C(C)(C)Nc3ccccc32)cc1. The number of amides is 2. The lowest BCUT2D eigenvalue weighted by molar-refractivity contribution is -0.124. The molecule has 0 atom stereocenters. The van der Waals surface area contributed by atoms with Crippen LogP contribution in [0.15, 0.2) is 48.5 Å². The Morgan fingerprint density at radius 3 is 2.50 bits per heavy atom. The number of nitrogens with zero attached hydrogens (tertiary/aromatic N) is 1. The first-order valence-corrected chi connectivity index (χ1v) is 7.92. The van der Waals surface area contributed by atoms with Crippen LogP contribution in [0.1, 0.15) is 19.4 Å². The second-order valence-electron chi connectivity index (χ2n) is 6.57. The highest BCUT2D eigenvalue weighted by atomic mass is 16.2. The molecule has 2 amide bonds. The zero-order valence-electron chi connectivity index (χ0n) is 14.1. The minimum absolute atomic E-state index is 0.0190. The first-order chi connectivity index (χ1) is 11.4. The number of anilines is 3. The first kappa shape index (κ1) is 16.1. The molecule has 2 aromatic carbocycles. The molecule has 124 valence electrons. The Kier molecular flexibility index (Phi) is 4.01. The van der Waals surface area contributed by atoms with Crippen molar-refractivity contribution in [3.05, 3.63) is 54.1 Å². The van der Waals surface area contributed by atoms with Gasteiger partial charge in [0.1, 0.15) is 12.1 Å². The maximum Gasteiger partial charge on any atom is 0.252 e. The summed E-state index contributed by atoms with van der Waals surface area (Å²) in [5, 5.41) is 6.06. The molecule has 0 aromatic heterocycles. The largest absolute Gasteiger partial charge is 0.370 e. The van der Waals surface area contributed by atoms with E-state index in [9.17, 15) is 9.59 Å². The van der Waals surface area contributed by atoms with E-state index in [1.54, 1.807) is 0 Å². The number of carbonyl (C=O) groups is 2. The maximum atomic E-state index is 12.7. The lowest BCUT2D eigenvalue weighted by Gasteiger charge is -2.39. The Balaban J connectivity index is 1.81. The van der Waals surface area contributed by atoms with Gasteiger partial charge in [0, 0.05) is 5.69 Å². The van der Waals surface area contributed by atoms with Crippen LogP contribution in [0.3, 0.4) is 0 Å². The summed E-state index contributed by atoms with van der Waals surface area (Å²) >= 11 is 0. The molecule has 0 aliphatic carbocycles. The van der Waals surface area contributed by atoms with Crippen LogP contribution < -0.4 is 15.5 Å². The first-order valence-electron chi connectivity index (χ1n) is 7.92. The Morgan fingerprint density at radius 1 is 1.12 bits per heavy atom. The molecule has 2 N–H and O–H groups in total. The fourth-order valence-corrected chi connectivity index (χ4v) is 2.79. The molecule has 2 aromatic rings. The molecule has 0 fully saturated rings. The van der Waals surface area contributed by atoms with Crippen LogP contribution in [0.5, 0.6) is 0 Å². The van der Waals surface area contributed by atoms with Crippen molar-refractivity contribution in [2.45, 2.75) is 26.3 Å². The van der Waals surface area contributed by atoms with Crippen molar-refractivity contribution >= 4 is 28.9 Å². The van der Waals surface area contributed by atoms with E-state index < -0.39 is 5.54 Å². The molecule has 24 heavy (non-hydrogen) atoms. The summed E-state index contributed by atoms with van der Waals surface area (Å²) in [6.45, 7) is 5.60. The molecule has 0 bridgehead atoms. The lowest BCUT2D eigenvalue weighted by Crippen LogP contribution is -2.55. The number of benzene rings is 2. The number of hydrogen-bond acceptors (Lipinski definition) is 3. The Hall–Kier alpha value is -2.82. The number of hydrogen-bond donors (Lipinski definition) is 2. The number of nitrogens with one attached hydrogen (secondary N) is 2. The van der Waals surface area contributed by atoms with E-state index in [0.717, 1.165) is 22.6 Å². The standard InChI is InChI=1S/C19H21N3O2/c1-13-8-10-14(11-9-13)20-17(23)12-22-16-7-5-4-6-15(16)21-19(2,3)18(22)24/h4-11,21H,12H2,1-3H3,(H,20,23). The molecule has 0 spiro atoms. The van der Waals surface area contributed by atoms with E-state index in [0.29, 0.717) is 0 Å². The predicted molar refractivity (Wildman–Crippen MR) is 96.3 cm³/mol. The summed E-state index contributed by atoms with van der Waals surface area (Å²) in [6, 6.07) is 15.1. The zero-order valence-corrected chi connectivity index (χ0v) is 14.1. The highest BCUT2D eigenvalue weighted by Gasteiger charge is 2.39. The van der Waals surface area contributed by atoms with Gasteiger partial charge in [-0.05, 0) is 45.0 Å². The minimum atomic E-state index is -0.751. The molecule has 5 nitrogen and oxygen atoms in total. The molecule has 1 aliphatic heterocycles. The van der Waals surface area contributed by atoms with Gasteiger partial charge in [-0.1, -0.05) is 29.8 Å². The summed E-state index contributed by atoms with van der Waals surface area (Å²) in [5.74, 6) is -0.347. The Labute approximate surface area is 141 Å². The molecule has 0 unspecified atom stereocenters. The van der Waals surface area contributed by atoms with E-state index in [1.165, 1.54) is 4.90 Å². The number of carbonyl (C=O) groups excluding carboxylic acids is 2. The molecule has 0 saturated heterocycles. The molecule has 5 heteroatoms. The molecule has 1 heterocycles. The highest BCUT2D eigenvalue weighted by molar-refractivity contribution is 6.11. The van der Waals surface area contributed by atoms with Crippen LogP contribution in [0.4, 0.5) is 17.1 Å².